The van der Waals surface area contributed by atoms with Crippen LogP contribution in [0.5, 0.6) is 0 Å². The lowest BCUT2D eigenvalue weighted by Crippen LogP contribution is -2.22. The Labute approximate surface area is 118 Å². The molecule has 0 aliphatic rings. The largest absolute Gasteiger partial charge is 0.306 e. The van der Waals surface area contributed by atoms with Crippen LogP contribution in [0.2, 0.25) is 5.02 Å². The SMILES string of the molecule is CCNC(c1cccc(C)c1)c1cccc(F)c1Cl. The minimum absolute atomic E-state index is 0.0897. The van der Waals surface area contributed by atoms with E-state index in [-0.39, 0.29) is 16.9 Å². The lowest BCUT2D eigenvalue weighted by atomic mass is 9.97. The minimum Gasteiger partial charge on any atom is -0.306 e. The number of nitrogens with one attached hydrogen (secondary N) is 1. The van der Waals surface area contributed by atoms with Crippen molar-refractivity contribution in [2.75, 3.05) is 6.54 Å². The Morgan fingerprint density at radius 3 is 2.63 bits per heavy atom. The first-order valence-corrected chi connectivity index (χ1v) is 6.75. The fourth-order valence-corrected chi connectivity index (χ4v) is 2.44. The number of hydrogen-bond donors (Lipinski definition) is 1. The molecule has 0 fully saturated rings. The van der Waals surface area contributed by atoms with Gasteiger partial charge in [-0.2, -0.15) is 0 Å². The highest BCUT2D eigenvalue weighted by atomic mass is 35.5. The minimum atomic E-state index is -0.380. The van der Waals surface area contributed by atoms with E-state index >= 15 is 0 Å². The number of aryl methyl sites for hydroxylation is 1. The van der Waals surface area contributed by atoms with Crippen molar-refractivity contribution in [2.24, 2.45) is 0 Å². The van der Waals surface area contributed by atoms with Gasteiger partial charge in [0.1, 0.15) is 5.82 Å². The molecule has 0 aromatic heterocycles. The summed E-state index contributed by atoms with van der Waals surface area (Å²) < 4.78 is 13.6. The van der Waals surface area contributed by atoms with Crippen LogP contribution in [0.3, 0.4) is 0 Å². The molecule has 0 spiro atoms. The summed E-state index contributed by atoms with van der Waals surface area (Å²) in [6.07, 6.45) is 0. The molecule has 1 N–H and O–H groups in total. The van der Waals surface area contributed by atoms with Gasteiger partial charge in [-0.3, -0.25) is 0 Å². The molecule has 0 saturated carbocycles. The number of halogens is 2. The third-order valence-electron chi connectivity index (χ3n) is 3.08. The van der Waals surface area contributed by atoms with E-state index < -0.39 is 0 Å². The Hall–Kier alpha value is -1.38. The van der Waals surface area contributed by atoms with E-state index in [2.05, 4.69) is 11.4 Å². The highest BCUT2D eigenvalue weighted by molar-refractivity contribution is 6.31. The first-order valence-electron chi connectivity index (χ1n) is 6.37. The van der Waals surface area contributed by atoms with E-state index in [1.807, 2.05) is 38.1 Å². The van der Waals surface area contributed by atoms with Crippen molar-refractivity contribution in [1.82, 2.24) is 5.32 Å². The molecule has 0 heterocycles. The molecular weight excluding hydrogens is 261 g/mol. The molecule has 0 radical (unpaired) electrons. The fraction of sp³-hybridized carbons (Fsp3) is 0.250. The van der Waals surface area contributed by atoms with Crippen LogP contribution in [0.25, 0.3) is 0 Å². The van der Waals surface area contributed by atoms with E-state index in [1.54, 1.807) is 6.07 Å². The second-order valence-electron chi connectivity index (χ2n) is 4.55. The molecule has 3 heteroatoms. The van der Waals surface area contributed by atoms with Crippen LogP contribution in [-0.2, 0) is 0 Å². The summed E-state index contributed by atoms with van der Waals surface area (Å²) in [5, 5.41) is 3.55. The zero-order chi connectivity index (χ0) is 13.8. The number of rotatable bonds is 4. The molecule has 0 aliphatic heterocycles. The molecule has 1 atom stereocenters. The van der Waals surface area contributed by atoms with Gasteiger partial charge in [0, 0.05) is 0 Å². The second kappa shape index (κ2) is 6.18. The summed E-state index contributed by atoms with van der Waals surface area (Å²) in [7, 11) is 0. The second-order valence-corrected chi connectivity index (χ2v) is 4.93. The summed E-state index contributed by atoms with van der Waals surface area (Å²) in [6.45, 7) is 4.85. The zero-order valence-corrected chi connectivity index (χ0v) is 11.8. The van der Waals surface area contributed by atoms with Crippen LogP contribution >= 0.6 is 11.6 Å². The molecular formula is C16H17ClFN. The van der Waals surface area contributed by atoms with Gasteiger partial charge < -0.3 is 5.32 Å². The topological polar surface area (TPSA) is 12.0 Å². The van der Waals surface area contributed by atoms with Crippen LogP contribution in [0, 0.1) is 12.7 Å². The molecule has 1 nitrogen and oxygen atoms in total. The van der Waals surface area contributed by atoms with Gasteiger partial charge in [0.25, 0.3) is 0 Å². The standard InChI is InChI=1S/C16H17ClFN/c1-3-19-16(12-7-4-6-11(2)10-12)13-8-5-9-14(18)15(13)17/h4-10,16,19H,3H2,1-2H3. The quantitative estimate of drug-likeness (QED) is 0.868. The highest BCUT2D eigenvalue weighted by Gasteiger charge is 2.17. The van der Waals surface area contributed by atoms with E-state index in [9.17, 15) is 4.39 Å². The molecule has 0 aliphatic carbocycles. The Kier molecular flexibility index (Phi) is 4.56. The summed E-state index contributed by atoms with van der Waals surface area (Å²) in [6, 6.07) is 13.0. The van der Waals surface area contributed by atoms with Crippen molar-refractivity contribution in [3.05, 3.63) is 70.0 Å². The molecule has 0 bridgehead atoms. The molecule has 2 aromatic carbocycles. The lowest BCUT2D eigenvalue weighted by molar-refractivity contribution is 0.603. The van der Waals surface area contributed by atoms with Crippen LogP contribution in [0.4, 0.5) is 4.39 Å². The van der Waals surface area contributed by atoms with E-state index in [0.29, 0.717) is 0 Å². The van der Waals surface area contributed by atoms with Crippen LogP contribution < -0.4 is 5.32 Å². The summed E-state index contributed by atoms with van der Waals surface area (Å²) in [4.78, 5) is 0. The molecule has 100 valence electrons. The molecule has 2 aromatic rings. The van der Waals surface area contributed by atoms with E-state index in [0.717, 1.165) is 17.7 Å². The fourth-order valence-electron chi connectivity index (χ4n) is 2.20. The number of hydrogen-bond acceptors (Lipinski definition) is 1. The predicted molar refractivity (Wildman–Crippen MR) is 78.1 cm³/mol. The monoisotopic (exact) mass is 277 g/mol. The molecule has 0 amide bonds. The average molecular weight is 278 g/mol. The van der Waals surface area contributed by atoms with Crippen molar-refractivity contribution >= 4 is 11.6 Å². The molecule has 1 unspecified atom stereocenters. The summed E-state index contributed by atoms with van der Waals surface area (Å²) >= 11 is 6.10. The summed E-state index contributed by atoms with van der Waals surface area (Å²) in [5.41, 5.74) is 3.04. The maximum atomic E-state index is 13.6. The van der Waals surface area contributed by atoms with Crippen molar-refractivity contribution in [3.63, 3.8) is 0 Å². The third-order valence-corrected chi connectivity index (χ3v) is 3.47. The summed E-state index contributed by atoms with van der Waals surface area (Å²) in [5.74, 6) is -0.380. The normalized spacial score (nSPS) is 12.4. The third kappa shape index (κ3) is 3.14. The molecule has 19 heavy (non-hydrogen) atoms. The Morgan fingerprint density at radius 1 is 1.21 bits per heavy atom. The molecule has 2 rings (SSSR count). The Morgan fingerprint density at radius 2 is 1.95 bits per heavy atom. The van der Waals surface area contributed by atoms with Crippen LogP contribution in [0.15, 0.2) is 42.5 Å². The van der Waals surface area contributed by atoms with Gasteiger partial charge in [-0.15, -0.1) is 0 Å². The van der Waals surface area contributed by atoms with Gasteiger partial charge >= 0.3 is 0 Å². The average Bonchev–Trinajstić information content (AvgIpc) is 2.40. The van der Waals surface area contributed by atoms with Gasteiger partial charge in [-0.25, -0.2) is 4.39 Å². The first-order chi connectivity index (χ1) is 9.13. The van der Waals surface area contributed by atoms with Crippen LogP contribution in [0.1, 0.15) is 29.7 Å². The maximum Gasteiger partial charge on any atom is 0.142 e. The first kappa shape index (κ1) is 14.0. The van der Waals surface area contributed by atoms with Gasteiger partial charge in [0.2, 0.25) is 0 Å². The van der Waals surface area contributed by atoms with Gasteiger partial charge in [0.15, 0.2) is 0 Å². The van der Waals surface area contributed by atoms with Gasteiger partial charge in [-0.05, 0) is 30.7 Å². The smallest absolute Gasteiger partial charge is 0.142 e. The predicted octanol–water partition coefficient (Wildman–Crippen LogP) is 4.49. The Bertz CT molecular complexity index is 568. The van der Waals surface area contributed by atoms with Crippen LogP contribution in [-0.4, -0.2) is 6.54 Å². The van der Waals surface area contributed by atoms with E-state index in [4.69, 9.17) is 11.6 Å². The van der Waals surface area contributed by atoms with Gasteiger partial charge in [-0.1, -0.05) is 60.5 Å². The van der Waals surface area contributed by atoms with Crippen molar-refractivity contribution in [3.8, 4) is 0 Å². The van der Waals surface area contributed by atoms with Crippen molar-refractivity contribution in [2.45, 2.75) is 19.9 Å². The highest BCUT2D eigenvalue weighted by Crippen LogP contribution is 2.30. The van der Waals surface area contributed by atoms with E-state index in [1.165, 1.54) is 11.6 Å². The molecule has 0 saturated heterocycles. The zero-order valence-electron chi connectivity index (χ0n) is 11.1. The van der Waals surface area contributed by atoms with Crippen molar-refractivity contribution in [1.29, 1.82) is 0 Å². The van der Waals surface area contributed by atoms with Crippen molar-refractivity contribution < 1.29 is 4.39 Å². The Balaban J connectivity index is 2.48. The van der Waals surface area contributed by atoms with Gasteiger partial charge in [0.05, 0.1) is 11.1 Å². The maximum absolute atomic E-state index is 13.6. The lowest BCUT2D eigenvalue weighted by Gasteiger charge is -2.20. The number of benzene rings is 2.